The van der Waals surface area contributed by atoms with Crippen molar-refractivity contribution in [1.29, 1.82) is 0 Å². The molecule has 39 heavy (non-hydrogen) atoms. The van der Waals surface area contributed by atoms with Gasteiger partial charge in [-0.2, -0.15) is 0 Å². The highest BCUT2D eigenvalue weighted by molar-refractivity contribution is 5.90. The zero-order valence-electron chi connectivity index (χ0n) is 23.6. The third-order valence-electron chi connectivity index (χ3n) is 8.23. The number of rotatable bonds is 7. The van der Waals surface area contributed by atoms with Gasteiger partial charge in [0.05, 0.1) is 32.1 Å². The molecule has 10 heteroatoms. The lowest BCUT2D eigenvalue weighted by Gasteiger charge is -2.35. The number of nitrogens with zero attached hydrogens (tertiary/aromatic N) is 4. The lowest BCUT2D eigenvalue weighted by molar-refractivity contribution is -0.144. The number of aliphatic hydroxyl groups is 1. The number of benzene rings is 1. The van der Waals surface area contributed by atoms with Gasteiger partial charge in [-0.1, -0.05) is 32.4 Å². The monoisotopic (exact) mass is 539 g/mol. The number of β-amino-alcohol motifs (C(OH)–C–C–N with tert-alkyl or cyclic N) is 1. The largest absolute Gasteiger partial charge is 0.493 e. The van der Waals surface area contributed by atoms with Gasteiger partial charge in [-0.05, 0) is 60.8 Å². The number of amides is 2. The van der Waals surface area contributed by atoms with Crippen LogP contribution in [-0.2, 0) is 16.0 Å². The molecule has 2 heterocycles. The molecule has 3 aliphatic rings. The Morgan fingerprint density at radius 1 is 1.10 bits per heavy atom. The third-order valence-corrected chi connectivity index (χ3v) is 8.23. The number of hydrogen-bond donors (Lipinski definition) is 2. The second-order valence-corrected chi connectivity index (χ2v) is 12.3. The third kappa shape index (κ3) is 5.62. The molecule has 2 aromatic rings. The highest BCUT2D eigenvalue weighted by atomic mass is 16.5. The number of likely N-dealkylation sites (tertiary alicyclic amines) is 1. The SMILES string of the molecule is COc1cc2c(cc1OC)C(NC(=O)[C@@H]1C[C@@H](O)CN1C(=O)[C@@H](n1cc(C3CC3)nn1)C(C)(C)C)CCCC2. The molecule has 5 rings (SSSR count). The molecule has 10 nitrogen and oxygen atoms in total. The van der Waals surface area contributed by atoms with Crippen LogP contribution in [0.4, 0.5) is 0 Å². The number of ether oxygens (including phenoxy) is 2. The van der Waals surface area contributed by atoms with Gasteiger partial charge in [-0.3, -0.25) is 9.59 Å². The van der Waals surface area contributed by atoms with Crippen LogP contribution in [0.25, 0.3) is 0 Å². The molecule has 0 spiro atoms. The number of methoxy groups -OCH3 is 2. The minimum Gasteiger partial charge on any atom is -0.493 e. The van der Waals surface area contributed by atoms with Gasteiger partial charge in [0.15, 0.2) is 11.5 Å². The van der Waals surface area contributed by atoms with Gasteiger partial charge in [0, 0.05) is 25.1 Å². The molecule has 2 aliphatic carbocycles. The van der Waals surface area contributed by atoms with E-state index in [-0.39, 0.29) is 30.8 Å². The van der Waals surface area contributed by atoms with Crippen LogP contribution in [0.1, 0.15) is 94.1 Å². The van der Waals surface area contributed by atoms with Crippen molar-refractivity contribution in [1.82, 2.24) is 25.2 Å². The standard InChI is InChI=1S/C29H41N5O5/c1-29(2,3)26(34-16-22(31-32-34)17-10-11-17)28(37)33-15-19(35)13-23(33)27(36)30-21-9-7-6-8-18-12-24(38-4)25(39-5)14-20(18)21/h12,14,16-17,19,21,23,26,35H,6-11,13,15H2,1-5H3,(H,30,36)/t19-,21?,23+,26-/m1/s1. The second-order valence-electron chi connectivity index (χ2n) is 12.3. The summed E-state index contributed by atoms with van der Waals surface area (Å²) in [6.45, 7) is 6.07. The summed E-state index contributed by atoms with van der Waals surface area (Å²) in [6.07, 6.45) is 7.13. The van der Waals surface area contributed by atoms with Crippen LogP contribution >= 0.6 is 0 Å². The van der Waals surface area contributed by atoms with E-state index in [0.29, 0.717) is 17.4 Å². The number of carbonyl (C=O) groups is 2. The summed E-state index contributed by atoms with van der Waals surface area (Å²) in [6, 6.07) is 2.31. The minimum atomic E-state index is -0.770. The van der Waals surface area contributed by atoms with Crippen molar-refractivity contribution in [2.45, 2.75) is 95.9 Å². The van der Waals surface area contributed by atoms with Crippen LogP contribution in [0.3, 0.4) is 0 Å². The maximum atomic E-state index is 14.1. The fourth-order valence-electron chi connectivity index (χ4n) is 6.04. The molecule has 2 fully saturated rings. The fraction of sp³-hybridized carbons (Fsp3) is 0.655. The van der Waals surface area contributed by atoms with Gasteiger partial charge in [0.1, 0.15) is 12.1 Å². The van der Waals surface area contributed by atoms with Crippen LogP contribution in [0.5, 0.6) is 11.5 Å². The van der Waals surface area contributed by atoms with Crippen molar-refractivity contribution < 1.29 is 24.2 Å². The van der Waals surface area contributed by atoms with E-state index in [0.717, 1.165) is 55.3 Å². The van der Waals surface area contributed by atoms with Crippen molar-refractivity contribution in [3.63, 3.8) is 0 Å². The molecule has 212 valence electrons. The van der Waals surface area contributed by atoms with Gasteiger partial charge in [0.2, 0.25) is 11.8 Å². The van der Waals surface area contributed by atoms with Crippen LogP contribution in [-0.4, -0.2) is 69.7 Å². The van der Waals surface area contributed by atoms with Crippen molar-refractivity contribution >= 4 is 11.8 Å². The molecular formula is C29H41N5O5. The Bertz CT molecular complexity index is 1220. The van der Waals surface area contributed by atoms with Crippen molar-refractivity contribution in [2.24, 2.45) is 5.41 Å². The average Bonchev–Trinajstić information content (AvgIpc) is 3.56. The lowest BCUT2D eigenvalue weighted by atomic mass is 9.85. The highest BCUT2D eigenvalue weighted by Crippen LogP contribution is 2.41. The van der Waals surface area contributed by atoms with Gasteiger partial charge in [-0.25, -0.2) is 4.68 Å². The summed E-state index contributed by atoms with van der Waals surface area (Å²) in [5.74, 6) is 1.24. The smallest absolute Gasteiger partial charge is 0.248 e. The Kier molecular flexibility index (Phi) is 7.59. The zero-order valence-corrected chi connectivity index (χ0v) is 23.6. The Labute approximate surface area is 230 Å². The van der Waals surface area contributed by atoms with Crippen molar-refractivity contribution in [2.75, 3.05) is 20.8 Å². The number of aromatic nitrogens is 3. The summed E-state index contributed by atoms with van der Waals surface area (Å²) >= 11 is 0. The molecule has 1 unspecified atom stereocenters. The maximum Gasteiger partial charge on any atom is 0.248 e. The van der Waals surface area contributed by atoms with E-state index >= 15 is 0 Å². The molecule has 0 bridgehead atoms. The van der Waals surface area contributed by atoms with E-state index < -0.39 is 23.6 Å². The van der Waals surface area contributed by atoms with Crippen LogP contribution < -0.4 is 14.8 Å². The summed E-state index contributed by atoms with van der Waals surface area (Å²) in [5, 5.41) is 22.5. The Morgan fingerprint density at radius 3 is 2.49 bits per heavy atom. The predicted octanol–water partition coefficient (Wildman–Crippen LogP) is 3.31. The van der Waals surface area contributed by atoms with E-state index in [1.807, 2.05) is 39.1 Å². The molecular weight excluding hydrogens is 498 g/mol. The zero-order chi connectivity index (χ0) is 27.9. The highest BCUT2D eigenvalue weighted by Gasteiger charge is 2.46. The van der Waals surface area contributed by atoms with Gasteiger partial charge in [-0.15, -0.1) is 5.10 Å². The molecule has 1 aliphatic heterocycles. The normalized spacial score (nSPS) is 24.1. The van der Waals surface area contributed by atoms with E-state index in [4.69, 9.17) is 9.47 Å². The van der Waals surface area contributed by atoms with Crippen LogP contribution in [0.15, 0.2) is 18.3 Å². The van der Waals surface area contributed by atoms with Crippen LogP contribution in [0.2, 0.25) is 0 Å². The molecule has 1 saturated carbocycles. The first kappa shape index (κ1) is 27.4. The summed E-state index contributed by atoms with van der Waals surface area (Å²) in [5.41, 5.74) is 2.57. The molecule has 1 saturated heterocycles. The molecule has 1 aromatic heterocycles. The van der Waals surface area contributed by atoms with E-state index in [9.17, 15) is 14.7 Å². The predicted molar refractivity (Wildman–Crippen MR) is 145 cm³/mol. The van der Waals surface area contributed by atoms with E-state index in [1.54, 1.807) is 23.8 Å². The van der Waals surface area contributed by atoms with Crippen molar-refractivity contribution in [3.8, 4) is 11.5 Å². The first-order valence-electron chi connectivity index (χ1n) is 14.1. The molecule has 4 atom stereocenters. The first-order valence-corrected chi connectivity index (χ1v) is 14.1. The van der Waals surface area contributed by atoms with Gasteiger partial charge < -0.3 is 24.8 Å². The maximum absolute atomic E-state index is 14.1. The molecule has 2 amide bonds. The number of carbonyl (C=O) groups excluding carboxylic acids is 2. The quantitative estimate of drug-likeness (QED) is 0.518. The first-order chi connectivity index (χ1) is 18.6. The number of aliphatic hydroxyl groups excluding tert-OH is 1. The second kappa shape index (κ2) is 10.8. The van der Waals surface area contributed by atoms with Gasteiger partial charge in [0.25, 0.3) is 0 Å². The van der Waals surface area contributed by atoms with E-state index in [2.05, 4.69) is 15.6 Å². The number of nitrogens with one attached hydrogen (secondary N) is 1. The summed E-state index contributed by atoms with van der Waals surface area (Å²) in [7, 11) is 3.22. The number of hydrogen-bond acceptors (Lipinski definition) is 7. The average molecular weight is 540 g/mol. The Morgan fingerprint density at radius 2 is 1.82 bits per heavy atom. The number of aryl methyl sites for hydroxylation is 1. The van der Waals surface area contributed by atoms with E-state index in [1.165, 1.54) is 0 Å². The molecule has 1 aromatic carbocycles. The Hall–Kier alpha value is -3.14. The van der Waals surface area contributed by atoms with Crippen molar-refractivity contribution in [3.05, 3.63) is 35.2 Å². The van der Waals surface area contributed by atoms with Crippen LogP contribution in [0, 0.1) is 5.41 Å². The lowest BCUT2D eigenvalue weighted by Crippen LogP contribution is -2.50. The topological polar surface area (TPSA) is 119 Å². The fourth-order valence-corrected chi connectivity index (χ4v) is 6.04. The summed E-state index contributed by atoms with van der Waals surface area (Å²) in [4.78, 5) is 29.4. The summed E-state index contributed by atoms with van der Waals surface area (Å²) < 4.78 is 12.7. The number of fused-ring (bicyclic) bond motifs is 1. The Balaban J connectivity index is 1.39. The minimum absolute atomic E-state index is 0.111. The molecule has 2 N–H and O–H groups in total. The van der Waals surface area contributed by atoms with Gasteiger partial charge >= 0.3 is 0 Å². The molecule has 0 radical (unpaired) electrons.